The Morgan fingerprint density at radius 1 is 1.32 bits per heavy atom. The molecule has 4 heteroatoms. The van der Waals surface area contributed by atoms with Crippen molar-refractivity contribution in [3.8, 4) is 5.75 Å². The molecule has 0 aliphatic carbocycles. The lowest BCUT2D eigenvalue weighted by Crippen LogP contribution is -2.37. The summed E-state index contributed by atoms with van der Waals surface area (Å²) in [7, 11) is 1.63. The van der Waals surface area contributed by atoms with Crippen LogP contribution in [0, 0.1) is 13.8 Å². The number of aryl methyl sites for hydroxylation is 2. The van der Waals surface area contributed by atoms with Crippen molar-refractivity contribution >= 4 is 12.2 Å². The topological polar surface area (TPSA) is 55.4 Å². The molecule has 0 aliphatic rings. The van der Waals surface area contributed by atoms with Crippen LogP contribution in [-0.4, -0.2) is 25.8 Å². The van der Waals surface area contributed by atoms with Gasteiger partial charge in [0.1, 0.15) is 5.75 Å². The van der Waals surface area contributed by atoms with E-state index in [1.807, 2.05) is 33.8 Å². The first-order chi connectivity index (χ1) is 8.81. The van der Waals surface area contributed by atoms with E-state index in [4.69, 9.17) is 4.74 Å². The summed E-state index contributed by atoms with van der Waals surface area (Å²) in [6.45, 7) is 8.46. The molecule has 0 bridgehead atoms. The largest absolute Gasteiger partial charge is 0.496 e. The third-order valence-corrected chi connectivity index (χ3v) is 3.36. The number of benzene rings is 1. The molecule has 1 aromatic carbocycles. The van der Waals surface area contributed by atoms with Crippen molar-refractivity contribution in [2.75, 3.05) is 13.7 Å². The zero-order valence-corrected chi connectivity index (χ0v) is 12.2. The molecule has 1 amide bonds. The SMILES string of the molecule is COc1cc(C)c(C)cc1C(C)(C)CNC(=O)C=O. The van der Waals surface area contributed by atoms with Crippen LogP contribution in [0.1, 0.15) is 30.5 Å². The highest BCUT2D eigenvalue weighted by molar-refractivity contribution is 6.23. The van der Waals surface area contributed by atoms with E-state index in [2.05, 4.69) is 11.4 Å². The number of ether oxygens (including phenoxy) is 1. The summed E-state index contributed by atoms with van der Waals surface area (Å²) < 4.78 is 5.42. The van der Waals surface area contributed by atoms with Crippen molar-refractivity contribution in [1.82, 2.24) is 5.32 Å². The lowest BCUT2D eigenvalue weighted by atomic mass is 9.82. The fourth-order valence-corrected chi connectivity index (χ4v) is 1.93. The first-order valence-corrected chi connectivity index (χ1v) is 6.20. The van der Waals surface area contributed by atoms with Gasteiger partial charge in [-0.2, -0.15) is 0 Å². The first kappa shape index (κ1) is 15.2. The van der Waals surface area contributed by atoms with E-state index in [0.29, 0.717) is 6.54 Å². The molecule has 0 radical (unpaired) electrons. The molecule has 1 aromatic rings. The van der Waals surface area contributed by atoms with Crippen LogP contribution < -0.4 is 10.1 Å². The zero-order valence-electron chi connectivity index (χ0n) is 12.2. The van der Waals surface area contributed by atoms with Gasteiger partial charge < -0.3 is 10.1 Å². The summed E-state index contributed by atoms with van der Waals surface area (Å²) in [6, 6.07) is 4.06. The molecule has 0 heterocycles. The van der Waals surface area contributed by atoms with E-state index in [1.54, 1.807) is 7.11 Å². The number of carbonyl (C=O) groups excluding carboxylic acids is 2. The van der Waals surface area contributed by atoms with Crippen LogP contribution in [0.3, 0.4) is 0 Å². The fraction of sp³-hybridized carbons (Fsp3) is 0.467. The smallest absolute Gasteiger partial charge is 0.284 e. The maximum Gasteiger partial charge on any atom is 0.284 e. The monoisotopic (exact) mass is 263 g/mol. The summed E-state index contributed by atoms with van der Waals surface area (Å²) in [5.74, 6) is 0.198. The van der Waals surface area contributed by atoms with Crippen molar-refractivity contribution in [3.05, 3.63) is 28.8 Å². The summed E-state index contributed by atoms with van der Waals surface area (Å²) in [5.41, 5.74) is 3.03. The lowest BCUT2D eigenvalue weighted by molar-refractivity contribution is -0.131. The van der Waals surface area contributed by atoms with Gasteiger partial charge in [0.15, 0.2) is 0 Å². The molecule has 0 aromatic heterocycles. The van der Waals surface area contributed by atoms with Gasteiger partial charge in [0.25, 0.3) is 5.91 Å². The molecule has 0 fully saturated rings. The van der Waals surface area contributed by atoms with Crippen molar-refractivity contribution in [2.45, 2.75) is 33.1 Å². The van der Waals surface area contributed by atoms with Gasteiger partial charge in [0.2, 0.25) is 6.29 Å². The van der Waals surface area contributed by atoms with Gasteiger partial charge in [-0.25, -0.2) is 0 Å². The molecule has 0 saturated carbocycles. The average Bonchev–Trinajstić information content (AvgIpc) is 2.38. The maximum absolute atomic E-state index is 11.1. The highest BCUT2D eigenvalue weighted by atomic mass is 16.5. The van der Waals surface area contributed by atoms with E-state index >= 15 is 0 Å². The number of hydrogen-bond acceptors (Lipinski definition) is 3. The molecule has 104 valence electrons. The van der Waals surface area contributed by atoms with Gasteiger partial charge in [0, 0.05) is 17.5 Å². The third-order valence-electron chi connectivity index (χ3n) is 3.36. The number of rotatable bonds is 5. The minimum Gasteiger partial charge on any atom is -0.496 e. The van der Waals surface area contributed by atoms with E-state index in [9.17, 15) is 9.59 Å². The fourth-order valence-electron chi connectivity index (χ4n) is 1.93. The molecule has 19 heavy (non-hydrogen) atoms. The van der Waals surface area contributed by atoms with E-state index < -0.39 is 5.91 Å². The number of hydrogen-bond donors (Lipinski definition) is 1. The Bertz CT molecular complexity index is 492. The van der Waals surface area contributed by atoms with Crippen molar-refractivity contribution in [2.24, 2.45) is 0 Å². The van der Waals surface area contributed by atoms with Crippen LogP contribution in [0.25, 0.3) is 0 Å². The van der Waals surface area contributed by atoms with Crippen molar-refractivity contribution in [3.63, 3.8) is 0 Å². The number of carbonyl (C=O) groups is 2. The highest BCUT2D eigenvalue weighted by Gasteiger charge is 2.25. The predicted octanol–water partition coefficient (Wildman–Crippen LogP) is 1.90. The Morgan fingerprint density at radius 2 is 1.89 bits per heavy atom. The van der Waals surface area contributed by atoms with Gasteiger partial charge in [0.05, 0.1) is 7.11 Å². The minimum absolute atomic E-state index is 0.285. The number of amides is 1. The minimum atomic E-state index is -0.601. The summed E-state index contributed by atoms with van der Waals surface area (Å²) in [6.07, 6.45) is 0.285. The second kappa shape index (κ2) is 5.87. The molecule has 1 rings (SSSR count). The van der Waals surface area contributed by atoms with Gasteiger partial charge in [-0.3, -0.25) is 9.59 Å². The van der Waals surface area contributed by atoms with Gasteiger partial charge in [-0.05, 0) is 31.0 Å². The predicted molar refractivity (Wildman–Crippen MR) is 74.6 cm³/mol. The molecule has 0 saturated heterocycles. The van der Waals surface area contributed by atoms with Crippen molar-refractivity contribution < 1.29 is 14.3 Å². The van der Waals surface area contributed by atoms with Gasteiger partial charge in [-0.1, -0.05) is 19.9 Å². The zero-order chi connectivity index (χ0) is 14.6. The van der Waals surface area contributed by atoms with E-state index in [1.165, 1.54) is 5.56 Å². The average molecular weight is 263 g/mol. The molecule has 4 nitrogen and oxygen atoms in total. The van der Waals surface area contributed by atoms with E-state index in [0.717, 1.165) is 16.9 Å². The second-order valence-electron chi connectivity index (χ2n) is 5.36. The lowest BCUT2D eigenvalue weighted by Gasteiger charge is -2.28. The summed E-state index contributed by atoms with van der Waals surface area (Å²) in [4.78, 5) is 21.4. The number of methoxy groups -OCH3 is 1. The van der Waals surface area contributed by atoms with Gasteiger partial charge in [-0.15, -0.1) is 0 Å². The third kappa shape index (κ3) is 3.56. The maximum atomic E-state index is 11.1. The molecule has 0 spiro atoms. The molecule has 0 atom stereocenters. The normalized spacial score (nSPS) is 11.0. The Kier molecular flexibility index (Phi) is 4.70. The highest BCUT2D eigenvalue weighted by Crippen LogP contribution is 2.33. The molecular formula is C15H21NO3. The Balaban J connectivity index is 3.08. The van der Waals surface area contributed by atoms with Gasteiger partial charge >= 0.3 is 0 Å². The Labute approximate surface area is 114 Å². The van der Waals surface area contributed by atoms with Crippen LogP contribution in [-0.2, 0) is 15.0 Å². The van der Waals surface area contributed by atoms with Crippen LogP contribution in [0.5, 0.6) is 5.75 Å². The summed E-state index contributed by atoms with van der Waals surface area (Å²) >= 11 is 0. The number of aldehydes is 1. The summed E-state index contributed by atoms with van der Waals surface area (Å²) in [5, 5.41) is 2.59. The van der Waals surface area contributed by atoms with Crippen LogP contribution in [0.4, 0.5) is 0 Å². The quantitative estimate of drug-likeness (QED) is 0.652. The molecular weight excluding hydrogens is 242 g/mol. The Hall–Kier alpha value is -1.84. The number of nitrogens with one attached hydrogen (secondary N) is 1. The standard InChI is InChI=1S/C15H21NO3/c1-10-6-12(13(19-5)7-11(10)2)15(3,4)9-16-14(18)8-17/h6-8H,9H2,1-5H3,(H,16,18). The van der Waals surface area contributed by atoms with Crippen LogP contribution in [0.15, 0.2) is 12.1 Å². The molecule has 1 N–H and O–H groups in total. The first-order valence-electron chi connectivity index (χ1n) is 6.20. The van der Waals surface area contributed by atoms with Crippen molar-refractivity contribution in [1.29, 1.82) is 0 Å². The Morgan fingerprint density at radius 3 is 2.42 bits per heavy atom. The second-order valence-corrected chi connectivity index (χ2v) is 5.36. The van der Waals surface area contributed by atoms with Crippen LogP contribution in [0.2, 0.25) is 0 Å². The molecule has 0 unspecified atom stereocenters. The van der Waals surface area contributed by atoms with E-state index in [-0.39, 0.29) is 11.7 Å². The molecule has 0 aliphatic heterocycles. The van der Waals surface area contributed by atoms with Crippen LogP contribution >= 0.6 is 0 Å².